The van der Waals surface area contributed by atoms with E-state index in [1.807, 2.05) is 31.2 Å². The van der Waals surface area contributed by atoms with Gasteiger partial charge in [0.05, 0.1) is 23.5 Å². The Hall–Kier alpha value is -3.82. The molecule has 178 valence electrons. The van der Waals surface area contributed by atoms with Crippen molar-refractivity contribution in [1.29, 1.82) is 0 Å². The van der Waals surface area contributed by atoms with Gasteiger partial charge in [-0.1, -0.05) is 12.1 Å². The number of methoxy groups -OCH3 is 1. The first-order chi connectivity index (χ1) is 16.9. The van der Waals surface area contributed by atoms with E-state index in [4.69, 9.17) is 15.2 Å². The first-order valence-corrected chi connectivity index (χ1v) is 11.6. The van der Waals surface area contributed by atoms with Crippen LogP contribution in [0, 0.1) is 12.7 Å². The fourth-order valence-electron chi connectivity index (χ4n) is 3.94. The SMILES string of the molecule is COc1cc2cc(C(O)c3cnn(-c4ccc(Oc5ccccc5F)c(C)c4)c3N)[nH]c2cc1Br. The van der Waals surface area contributed by atoms with E-state index in [0.29, 0.717) is 34.3 Å². The van der Waals surface area contributed by atoms with Gasteiger partial charge in [0.25, 0.3) is 0 Å². The van der Waals surface area contributed by atoms with Crippen molar-refractivity contribution < 1.29 is 19.0 Å². The Labute approximate surface area is 209 Å². The van der Waals surface area contributed by atoms with Gasteiger partial charge in [-0.15, -0.1) is 0 Å². The van der Waals surface area contributed by atoms with Crippen molar-refractivity contribution in [3.05, 3.63) is 94.0 Å². The summed E-state index contributed by atoms with van der Waals surface area (Å²) in [4.78, 5) is 3.23. The molecule has 2 aromatic heterocycles. The molecule has 0 aliphatic carbocycles. The summed E-state index contributed by atoms with van der Waals surface area (Å²) in [7, 11) is 1.60. The largest absolute Gasteiger partial charge is 0.496 e. The van der Waals surface area contributed by atoms with E-state index in [2.05, 4.69) is 26.0 Å². The van der Waals surface area contributed by atoms with Crippen molar-refractivity contribution >= 4 is 32.7 Å². The van der Waals surface area contributed by atoms with Crippen LogP contribution in [0.5, 0.6) is 17.2 Å². The Morgan fingerprint density at radius 3 is 2.63 bits per heavy atom. The van der Waals surface area contributed by atoms with Gasteiger partial charge in [0, 0.05) is 22.2 Å². The topological polar surface area (TPSA) is 98.3 Å². The number of nitrogen functional groups attached to an aromatic ring is 1. The lowest BCUT2D eigenvalue weighted by Gasteiger charge is -2.12. The Kier molecular flexibility index (Phi) is 5.96. The Morgan fingerprint density at radius 1 is 1.09 bits per heavy atom. The number of nitrogens with zero attached hydrogens (tertiary/aromatic N) is 2. The maximum absolute atomic E-state index is 14.0. The zero-order valence-corrected chi connectivity index (χ0v) is 20.5. The number of aliphatic hydroxyl groups is 1. The third kappa shape index (κ3) is 4.24. The molecule has 2 heterocycles. The predicted molar refractivity (Wildman–Crippen MR) is 136 cm³/mol. The normalized spacial score (nSPS) is 12.1. The molecular weight excluding hydrogens is 515 g/mol. The highest BCUT2D eigenvalue weighted by Gasteiger charge is 2.21. The lowest BCUT2D eigenvalue weighted by Crippen LogP contribution is -2.07. The summed E-state index contributed by atoms with van der Waals surface area (Å²) in [5.74, 6) is 1.23. The molecular formula is C26H22BrFN4O3. The van der Waals surface area contributed by atoms with Crippen LogP contribution in [-0.4, -0.2) is 27.0 Å². The van der Waals surface area contributed by atoms with Gasteiger partial charge >= 0.3 is 0 Å². The molecule has 4 N–H and O–H groups in total. The van der Waals surface area contributed by atoms with Gasteiger partial charge in [-0.25, -0.2) is 9.07 Å². The first-order valence-electron chi connectivity index (χ1n) is 10.8. The summed E-state index contributed by atoms with van der Waals surface area (Å²) in [5, 5.41) is 16.3. The minimum Gasteiger partial charge on any atom is -0.496 e. The molecule has 35 heavy (non-hydrogen) atoms. The molecule has 9 heteroatoms. The number of halogens is 2. The average molecular weight is 537 g/mol. The number of hydrogen-bond donors (Lipinski definition) is 3. The van der Waals surface area contributed by atoms with Gasteiger partial charge in [0.15, 0.2) is 11.6 Å². The number of hydrogen-bond acceptors (Lipinski definition) is 5. The van der Waals surface area contributed by atoms with E-state index in [1.54, 1.807) is 48.3 Å². The van der Waals surface area contributed by atoms with Crippen molar-refractivity contribution in [1.82, 2.24) is 14.8 Å². The molecule has 7 nitrogen and oxygen atoms in total. The fourth-order valence-corrected chi connectivity index (χ4v) is 4.45. The minimum absolute atomic E-state index is 0.148. The van der Waals surface area contributed by atoms with E-state index in [1.165, 1.54) is 6.07 Å². The molecule has 1 atom stereocenters. The number of aliphatic hydroxyl groups excluding tert-OH is 1. The van der Waals surface area contributed by atoms with Crippen LogP contribution in [0.15, 0.2) is 71.3 Å². The number of para-hydroxylation sites is 1. The molecule has 0 saturated carbocycles. The summed E-state index contributed by atoms with van der Waals surface area (Å²) in [6.07, 6.45) is 0.534. The number of fused-ring (bicyclic) bond motifs is 1. The lowest BCUT2D eigenvalue weighted by molar-refractivity contribution is 0.217. The van der Waals surface area contributed by atoms with Crippen molar-refractivity contribution in [3.8, 4) is 22.9 Å². The van der Waals surface area contributed by atoms with Crippen molar-refractivity contribution in [2.75, 3.05) is 12.8 Å². The molecule has 0 saturated heterocycles. The van der Waals surface area contributed by atoms with Crippen LogP contribution in [0.1, 0.15) is 22.9 Å². The van der Waals surface area contributed by atoms with Crippen LogP contribution in [0.25, 0.3) is 16.6 Å². The monoisotopic (exact) mass is 536 g/mol. The molecule has 0 bridgehead atoms. The number of aromatic amines is 1. The quantitative estimate of drug-likeness (QED) is 0.246. The Morgan fingerprint density at radius 2 is 1.89 bits per heavy atom. The summed E-state index contributed by atoms with van der Waals surface area (Å²) >= 11 is 3.47. The molecule has 5 rings (SSSR count). The van der Waals surface area contributed by atoms with Crippen LogP contribution in [0.2, 0.25) is 0 Å². The number of H-pyrrole nitrogens is 1. The molecule has 0 aliphatic rings. The number of ether oxygens (including phenoxy) is 2. The van der Waals surface area contributed by atoms with Crippen molar-refractivity contribution in [3.63, 3.8) is 0 Å². The van der Waals surface area contributed by atoms with E-state index in [-0.39, 0.29) is 5.75 Å². The van der Waals surface area contributed by atoms with Crippen LogP contribution >= 0.6 is 15.9 Å². The molecule has 0 amide bonds. The molecule has 1 unspecified atom stereocenters. The molecule has 0 aliphatic heterocycles. The summed E-state index contributed by atoms with van der Waals surface area (Å²) in [5.41, 5.74) is 9.74. The number of aromatic nitrogens is 3. The average Bonchev–Trinajstić information content (AvgIpc) is 3.43. The highest BCUT2D eigenvalue weighted by atomic mass is 79.9. The smallest absolute Gasteiger partial charge is 0.165 e. The van der Waals surface area contributed by atoms with E-state index in [0.717, 1.165) is 20.9 Å². The van der Waals surface area contributed by atoms with Crippen LogP contribution in [-0.2, 0) is 0 Å². The second-order valence-corrected chi connectivity index (χ2v) is 8.93. The van der Waals surface area contributed by atoms with Crippen molar-refractivity contribution in [2.45, 2.75) is 13.0 Å². The molecule has 0 radical (unpaired) electrons. The Balaban J connectivity index is 1.43. The third-order valence-electron chi connectivity index (χ3n) is 5.80. The lowest BCUT2D eigenvalue weighted by atomic mass is 10.1. The molecule has 5 aromatic rings. The minimum atomic E-state index is -1.01. The van der Waals surface area contributed by atoms with E-state index >= 15 is 0 Å². The molecule has 3 aromatic carbocycles. The maximum atomic E-state index is 14.0. The van der Waals surface area contributed by atoms with Gasteiger partial charge in [-0.3, -0.25) is 0 Å². The van der Waals surface area contributed by atoms with Crippen LogP contribution in [0.4, 0.5) is 10.2 Å². The zero-order chi connectivity index (χ0) is 24.7. The number of rotatable bonds is 6. The Bertz CT molecular complexity index is 1550. The molecule has 0 spiro atoms. The maximum Gasteiger partial charge on any atom is 0.165 e. The van der Waals surface area contributed by atoms with Gasteiger partial charge in [0.2, 0.25) is 0 Å². The fraction of sp³-hybridized carbons (Fsp3) is 0.115. The second kappa shape index (κ2) is 9.09. The van der Waals surface area contributed by atoms with E-state index in [9.17, 15) is 9.50 Å². The summed E-state index contributed by atoms with van der Waals surface area (Å²) in [6, 6.07) is 17.2. The highest BCUT2D eigenvalue weighted by molar-refractivity contribution is 9.10. The van der Waals surface area contributed by atoms with Crippen LogP contribution < -0.4 is 15.2 Å². The van der Waals surface area contributed by atoms with Gasteiger partial charge in [-0.05, 0) is 76.9 Å². The standard InChI is InChI=1S/C26H22BrFN4O3/c1-14-9-16(7-8-22(14)35-23-6-4-3-5-19(23)28)32-26(29)17(13-30-32)25(33)21-10-15-11-24(34-2)18(27)12-20(15)31-21/h3-13,25,31,33H,29H2,1-2H3. The van der Waals surface area contributed by atoms with Gasteiger partial charge in [-0.2, -0.15) is 5.10 Å². The number of benzene rings is 3. The number of anilines is 1. The van der Waals surface area contributed by atoms with Gasteiger partial charge in [0.1, 0.15) is 23.4 Å². The number of nitrogens with two attached hydrogens (primary N) is 1. The summed E-state index contributed by atoms with van der Waals surface area (Å²) < 4.78 is 27.4. The predicted octanol–water partition coefficient (Wildman–Crippen LogP) is 6.03. The van der Waals surface area contributed by atoms with Crippen LogP contribution in [0.3, 0.4) is 0 Å². The molecule has 0 fully saturated rings. The summed E-state index contributed by atoms with van der Waals surface area (Å²) in [6.45, 7) is 1.85. The van der Waals surface area contributed by atoms with Crippen molar-refractivity contribution in [2.24, 2.45) is 0 Å². The highest BCUT2D eigenvalue weighted by Crippen LogP contribution is 2.35. The van der Waals surface area contributed by atoms with E-state index < -0.39 is 11.9 Å². The zero-order valence-electron chi connectivity index (χ0n) is 18.9. The third-order valence-corrected chi connectivity index (χ3v) is 6.42. The first kappa shape index (κ1) is 22.9. The number of aryl methyl sites for hydroxylation is 1. The van der Waals surface area contributed by atoms with Gasteiger partial charge < -0.3 is 25.3 Å². The number of nitrogens with one attached hydrogen (secondary N) is 1. The second-order valence-electron chi connectivity index (χ2n) is 8.08.